The van der Waals surface area contributed by atoms with Crippen molar-refractivity contribution in [1.82, 2.24) is 14.6 Å². The number of aryl methyl sites for hydroxylation is 2. The molecule has 5 heteroatoms. The van der Waals surface area contributed by atoms with Crippen molar-refractivity contribution in [2.24, 2.45) is 0 Å². The Morgan fingerprint density at radius 3 is 2.67 bits per heavy atom. The topological polar surface area (TPSA) is 47.3 Å². The van der Waals surface area contributed by atoms with Gasteiger partial charge in [-0.2, -0.15) is 0 Å². The smallest absolute Gasteiger partial charge is 0.267 e. The van der Waals surface area contributed by atoms with Crippen LogP contribution in [0.3, 0.4) is 0 Å². The van der Waals surface area contributed by atoms with E-state index in [2.05, 4.69) is 16.3 Å². The van der Waals surface area contributed by atoms with Crippen LogP contribution in [0.1, 0.15) is 16.7 Å². The molecule has 4 aromatic rings. The third-order valence-corrected chi connectivity index (χ3v) is 4.93. The lowest BCUT2D eigenvalue weighted by Crippen LogP contribution is -2.23. The summed E-state index contributed by atoms with van der Waals surface area (Å²) in [6.07, 6.45) is 1.91. The Bertz CT molecular complexity index is 1160. The summed E-state index contributed by atoms with van der Waals surface area (Å²) >= 11 is 1.37. The van der Waals surface area contributed by atoms with Crippen LogP contribution in [0.2, 0.25) is 0 Å². The summed E-state index contributed by atoms with van der Waals surface area (Å²) in [5.41, 5.74) is 4.12. The molecule has 0 radical (unpaired) electrons. The maximum Gasteiger partial charge on any atom is 0.276 e. The normalized spacial score (nSPS) is 12.2. The number of aromatic nitrogens is 3. The standard InChI is InChI=1S/C19H15N3OS/c1-12-6-5-8-14(10-12)11-16-18(23)22-17(20-21-19(22)24-16)15-9-4-3-7-13(15)2/h3-11H,1-2H3/b16-11+. The highest BCUT2D eigenvalue weighted by atomic mass is 32.1. The largest absolute Gasteiger partial charge is 0.276 e. The molecule has 0 aliphatic heterocycles. The van der Waals surface area contributed by atoms with Gasteiger partial charge in [-0.25, -0.2) is 4.40 Å². The molecule has 0 saturated carbocycles. The van der Waals surface area contributed by atoms with Crippen LogP contribution in [0, 0.1) is 13.8 Å². The fourth-order valence-corrected chi connectivity index (χ4v) is 3.68. The second-order valence-corrected chi connectivity index (χ2v) is 6.80. The van der Waals surface area contributed by atoms with Gasteiger partial charge in [-0.3, -0.25) is 4.79 Å². The molecule has 0 unspecified atom stereocenters. The average molecular weight is 333 g/mol. The van der Waals surface area contributed by atoms with Gasteiger partial charge < -0.3 is 0 Å². The molecule has 0 fully saturated rings. The molecule has 0 aliphatic rings. The van der Waals surface area contributed by atoms with Gasteiger partial charge in [-0.15, -0.1) is 10.2 Å². The van der Waals surface area contributed by atoms with Crippen molar-refractivity contribution >= 4 is 22.4 Å². The van der Waals surface area contributed by atoms with E-state index in [4.69, 9.17) is 0 Å². The third kappa shape index (κ3) is 2.43. The van der Waals surface area contributed by atoms with Gasteiger partial charge in [0.25, 0.3) is 5.56 Å². The Morgan fingerprint density at radius 2 is 1.88 bits per heavy atom. The van der Waals surface area contributed by atoms with E-state index in [0.717, 1.165) is 16.7 Å². The molecule has 2 aromatic heterocycles. The van der Waals surface area contributed by atoms with Gasteiger partial charge in [0.2, 0.25) is 4.96 Å². The molecule has 0 N–H and O–H groups in total. The molecule has 4 nitrogen and oxygen atoms in total. The van der Waals surface area contributed by atoms with Crippen LogP contribution in [0.4, 0.5) is 0 Å². The van der Waals surface area contributed by atoms with Crippen LogP contribution in [0.25, 0.3) is 22.4 Å². The molecule has 0 aliphatic carbocycles. The quantitative estimate of drug-likeness (QED) is 0.566. The molecule has 118 valence electrons. The first-order valence-electron chi connectivity index (χ1n) is 7.66. The second kappa shape index (κ2) is 5.69. The molecule has 0 amide bonds. The van der Waals surface area contributed by atoms with Crippen LogP contribution in [-0.4, -0.2) is 14.6 Å². The van der Waals surface area contributed by atoms with Gasteiger partial charge in [-0.1, -0.05) is 65.4 Å². The molecular formula is C19H15N3OS. The van der Waals surface area contributed by atoms with Gasteiger partial charge in [0.1, 0.15) is 0 Å². The fraction of sp³-hybridized carbons (Fsp3) is 0.105. The lowest BCUT2D eigenvalue weighted by atomic mass is 10.1. The van der Waals surface area contributed by atoms with E-state index >= 15 is 0 Å². The van der Waals surface area contributed by atoms with Crippen molar-refractivity contribution in [1.29, 1.82) is 0 Å². The third-order valence-electron chi connectivity index (χ3n) is 3.97. The molecular weight excluding hydrogens is 318 g/mol. The number of rotatable bonds is 2. The molecule has 0 atom stereocenters. The first kappa shape index (κ1) is 14.8. The number of fused-ring (bicyclic) bond motifs is 1. The Hall–Kier alpha value is -2.79. The van der Waals surface area contributed by atoms with Crippen LogP contribution in [-0.2, 0) is 0 Å². The highest BCUT2D eigenvalue weighted by Crippen LogP contribution is 2.21. The predicted molar refractivity (Wildman–Crippen MR) is 97.3 cm³/mol. The van der Waals surface area contributed by atoms with Gasteiger partial charge in [0, 0.05) is 5.56 Å². The molecule has 4 rings (SSSR count). The van der Waals surface area contributed by atoms with Crippen molar-refractivity contribution in [3.8, 4) is 11.4 Å². The Labute approximate surface area is 142 Å². The van der Waals surface area contributed by atoms with Gasteiger partial charge in [-0.05, 0) is 31.1 Å². The summed E-state index contributed by atoms with van der Waals surface area (Å²) < 4.78 is 2.27. The maximum absolute atomic E-state index is 12.8. The molecule has 2 heterocycles. The van der Waals surface area contributed by atoms with Crippen molar-refractivity contribution in [3.05, 3.63) is 80.1 Å². The zero-order valence-corrected chi connectivity index (χ0v) is 14.2. The second-order valence-electron chi connectivity index (χ2n) is 5.79. The van der Waals surface area contributed by atoms with Gasteiger partial charge >= 0.3 is 0 Å². The number of thiazole rings is 1. The van der Waals surface area contributed by atoms with E-state index in [1.807, 2.05) is 62.4 Å². The van der Waals surface area contributed by atoms with Crippen LogP contribution < -0.4 is 10.1 Å². The average Bonchev–Trinajstić information content (AvgIpc) is 3.09. The zero-order chi connectivity index (χ0) is 16.7. The van der Waals surface area contributed by atoms with E-state index in [1.165, 1.54) is 16.9 Å². The molecule has 0 spiro atoms. The summed E-state index contributed by atoms with van der Waals surface area (Å²) in [6, 6.07) is 16.0. The van der Waals surface area contributed by atoms with Gasteiger partial charge in [0.15, 0.2) is 5.82 Å². The zero-order valence-electron chi connectivity index (χ0n) is 13.4. The van der Waals surface area contributed by atoms with Crippen molar-refractivity contribution in [3.63, 3.8) is 0 Å². The minimum Gasteiger partial charge on any atom is -0.267 e. The summed E-state index contributed by atoms with van der Waals surface area (Å²) in [5, 5.41) is 8.41. The van der Waals surface area contributed by atoms with E-state index in [9.17, 15) is 4.79 Å². The van der Waals surface area contributed by atoms with Crippen molar-refractivity contribution < 1.29 is 0 Å². The van der Waals surface area contributed by atoms with Crippen LogP contribution >= 0.6 is 11.3 Å². The summed E-state index contributed by atoms with van der Waals surface area (Å²) in [6.45, 7) is 4.05. The van der Waals surface area contributed by atoms with E-state index < -0.39 is 0 Å². The summed E-state index contributed by atoms with van der Waals surface area (Å²) in [4.78, 5) is 13.5. The maximum atomic E-state index is 12.8. The highest BCUT2D eigenvalue weighted by Gasteiger charge is 2.15. The summed E-state index contributed by atoms with van der Waals surface area (Å²) in [7, 11) is 0. The van der Waals surface area contributed by atoms with Crippen LogP contribution in [0.5, 0.6) is 0 Å². The molecule has 0 bridgehead atoms. The first-order chi connectivity index (χ1) is 11.6. The molecule has 2 aromatic carbocycles. The highest BCUT2D eigenvalue weighted by molar-refractivity contribution is 7.15. The van der Waals surface area contributed by atoms with E-state index in [1.54, 1.807) is 4.40 Å². The number of benzene rings is 2. The van der Waals surface area contributed by atoms with E-state index in [-0.39, 0.29) is 5.56 Å². The minimum absolute atomic E-state index is 0.0697. The lowest BCUT2D eigenvalue weighted by Gasteiger charge is -2.00. The molecule has 24 heavy (non-hydrogen) atoms. The SMILES string of the molecule is Cc1cccc(/C=c2/sc3nnc(-c4ccccc4C)n3c2=O)c1. The minimum atomic E-state index is -0.0697. The van der Waals surface area contributed by atoms with Crippen molar-refractivity contribution in [2.75, 3.05) is 0 Å². The lowest BCUT2D eigenvalue weighted by molar-refractivity contribution is 1.09. The van der Waals surface area contributed by atoms with Crippen LogP contribution in [0.15, 0.2) is 53.3 Å². The summed E-state index contributed by atoms with van der Waals surface area (Å²) in [5.74, 6) is 0.605. The molecule has 0 saturated heterocycles. The van der Waals surface area contributed by atoms with Crippen molar-refractivity contribution in [2.45, 2.75) is 13.8 Å². The monoisotopic (exact) mass is 333 g/mol. The number of hydrogen-bond donors (Lipinski definition) is 0. The number of nitrogens with zero attached hydrogens (tertiary/aromatic N) is 3. The Kier molecular flexibility index (Phi) is 3.50. The van der Waals surface area contributed by atoms with E-state index in [0.29, 0.717) is 15.3 Å². The predicted octanol–water partition coefficient (Wildman–Crippen LogP) is 2.98. The number of hydrogen-bond acceptors (Lipinski definition) is 4. The van der Waals surface area contributed by atoms with Gasteiger partial charge in [0.05, 0.1) is 4.53 Å². The Morgan fingerprint density at radius 1 is 1.04 bits per heavy atom. The Balaban J connectivity index is 1.95. The fourth-order valence-electron chi connectivity index (χ4n) is 2.77. The first-order valence-corrected chi connectivity index (χ1v) is 8.47.